The van der Waals surface area contributed by atoms with Crippen molar-refractivity contribution in [2.45, 2.75) is 25.9 Å². The van der Waals surface area contributed by atoms with E-state index in [0.29, 0.717) is 11.5 Å². The quantitative estimate of drug-likeness (QED) is 0.794. The Hall–Kier alpha value is -1.56. The number of nitrogen functional groups attached to an aromatic ring is 1. The van der Waals surface area contributed by atoms with E-state index in [1.165, 1.54) is 10.9 Å². The molecule has 0 aliphatic carbocycles. The van der Waals surface area contributed by atoms with Crippen LogP contribution in [0.3, 0.4) is 0 Å². The number of aryl methyl sites for hydroxylation is 1. The first-order chi connectivity index (χ1) is 7.35. The normalized spacial score (nSPS) is 11.5. The maximum Gasteiger partial charge on any atom is 0.228 e. The van der Waals surface area contributed by atoms with Gasteiger partial charge in [-0.3, -0.25) is 9.48 Å². The molecule has 0 unspecified atom stereocenters. The molecule has 1 aromatic heterocycles. The minimum atomic E-state index is -0.489. The van der Waals surface area contributed by atoms with Crippen LogP contribution in [0.25, 0.3) is 0 Å². The van der Waals surface area contributed by atoms with Gasteiger partial charge in [0.1, 0.15) is 0 Å². The first-order valence-electron chi connectivity index (χ1n) is 4.98. The van der Waals surface area contributed by atoms with Crippen LogP contribution in [0.4, 0.5) is 11.5 Å². The molecule has 0 aromatic carbocycles. The molecule has 90 valence electrons. The van der Waals surface area contributed by atoms with Crippen LogP contribution in [0.2, 0.25) is 0 Å². The molecule has 0 saturated heterocycles. The lowest BCUT2D eigenvalue weighted by Crippen LogP contribution is -2.30. The maximum atomic E-state index is 11.7. The highest BCUT2D eigenvalue weighted by Gasteiger charge is 2.22. The number of ether oxygens (including phenoxy) is 1. The average Bonchev–Trinajstić information content (AvgIpc) is 2.49. The highest BCUT2D eigenvalue weighted by atomic mass is 16.5. The van der Waals surface area contributed by atoms with E-state index in [4.69, 9.17) is 10.5 Å². The third-order valence-electron chi connectivity index (χ3n) is 2.36. The molecule has 6 heteroatoms. The van der Waals surface area contributed by atoms with Gasteiger partial charge >= 0.3 is 0 Å². The number of carbonyl (C=O) groups is 1. The van der Waals surface area contributed by atoms with E-state index in [-0.39, 0.29) is 12.3 Å². The first kappa shape index (κ1) is 12.5. The number of rotatable bonds is 4. The van der Waals surface area contributed by atoms with Crippen molar-refractivity contribution in [2.75, 3.05) is 18.2 Å². The van der Waals surface area contributed by atoms with Gasteiger partial charge in [-0.05, 0) is 13.8 Å². The Kier molecular flexibility index (Phi) is 3.54. The van der Waals surface area contributed by atoms with Crippen molar-refractivity contribution in [1.82, 2.24) is 9.78 Å². The lowest BCUT2D eigenvalue weighted by molar-refractivity contribution is -0.121. The van der Waals surface area contributed by atoms with E-state index in [0.717, 1.165) is 0 Å². The number of hydrogen-bond acceptors (Lipinski definition) is 4. The summed E-state index contributed by atoms with van der Waals surface area (Å²) in [5.41, 5.74) is 5.62. The Balaban J connectivity index is 2.66. The number of hydrogen-bond donors (Lipinski definition) is 2. The molecule has 6 nitrogen and oxygen atoms in total. The van der Waals surface area contributed by atoms with Crippen molar-refractivity contribution in [1.29, 1.82) is 0 Å². The smallest absolute Gasteiger partial charge is 0.228 e. The molecule has 1 heterocycles. The highest BCUT2D eigenvalue weighted by molar-refractivity contribution is 5.93. The number of methoxy groups -OCH3 is 1. The summed E-state index contributed by atoms with van der Waals surface area (Å²) in [5, 5.41) is 6.64. The lowest BCUT2D eigenvalue weighted by Gasteiger charge is -2.21. The van der Waals surface area contributed by atoms with Crippen molar-refractivity contribution in [2.24, 2.45) is 7.05 Å². The van der Waals surface area contributed by atoms with Gasteiger partial charge in [-0.15, -0.1) is 0 Å². The Labute approximate surface area is 94.8 Å². The fraction of sp³-hybridized carbons (Fsp3) is 0.600. The van der Waals surface area contributed by atoms with Crippen LogP contribution >= 0.6 is 0 Å². The molecular formula is C10H18N4O2. The predicted molar refractivity (Wildman–Crippen MR) is 62.0 cm³/mol. The number of nitrogens with two attached hydrogens (primary N) is 1. The molecule has 0 aliphatic rings. The zero-order valence-corrected chi connectivity index (χ0v) is 10.1. The van der Waals surface area contributed by atoms with Gasteiger partial charge in [0, 0.05) is 14.2 Å². The molecule has 16 heavy (non-hydrogen) atoms. The van der Waals surface area contributed by atoms with Gasteiger partial charge in [-0.25, -0.2) is 0 Å². The van der Waals surface area contributed by atoms with Gasteiger partial charge in [0.05, 0.1) is 23.9 Å². The molecule has 3 N–H and O–H groups in total. The molecule has 1 amide bonds. The third-order valence-corrected chi connectivity index (χ3v) is 2.36. The zero-order valence-electron chi connectivity index (χ0n) is 10.1. The van der Waals surface area contributed by atoms with Crippen LogP contribution in [-0.2, 0) is 16.6 Å². The Morgan fingerprint density at radius 3 is 2.75 bits per heavy atom. The minimum absolute atomic E-state index is 0.151. The van der Waals surface area contributed by atoms with Crippen molar-refractivity contribution in [3.05, 3.63) is 6.20 Å². The number of nitrogens with zero attached hydrogens (tertiary/aromatic N) is 2. The molecule has 0 atom stereocenters. The van der Waals surface area contributed by atoms with E-state index >= 15 is 0 Å². The highest BCUT2D eigenvalue weighted by Crippen LogP contribution is 2.18. The SMILES string of the molecule is COC(C)(C)CC(=O)Nc1c(N)cnn1C. The van der Waals surface area contributed by atoms with Gasteiger partial charge in [-0.1, -0.05) is 0 Å². The van der Waals surface area contributed by atoms with Crippen molar-refractivity contribution in [3.8, 4) is 0 Å². The van der Waals surface area contributed by atoms with Crippen molar-refractivity contribution >= 4 is 17.4 Å². The van der Waals surface area contributed by atoms with Gasteiger partial charge in [-0.2, -0.15) is 5.10 Å². The van der Waals surface area contributed by atoms with E-state index in [9.17, 15) is 4.79 Å². The zero-order chi connectivity index (χ0) is 12.3. The lowest BCUT2D eigenvalue weighted by atomic mass is 10.1. The first-order valence-corrected chi connectivity index (χ1v) is 4.98. The van der Waals surface area contributed by atoms with E-state index in [1.807, 2.05) is 13.8 Å². The number of aromatic nitrogens is 2. The third kappa shape index (κ3) is 2.96. The summed E-state index contributed by atoms with van der Waals surface area (Å²) in [5.74, 6) is 0.360. The summed E-state index contributed by atoms with van der Waals surface area (Å²) in [4.78, 5) is 11.7. The predicted octanol–water partition coefficient (Wildman–Crippen LogP) is 0.756. The Bertz CT molecular complexity index is 365. The second kappa shape index (κ2) is 4.52. The largest absolute Gasteiger partial charge is 0.394 e. The summed E-state index contributed by atoms with van der Waals surface area (Å²) in [7, 11) is 3.29. The summed E-state index contributed by atoms with van der Waals surface area (Å²) in [6.45, 7) is 3.69. The monoisotopic (exact) mass is 226 g/mol. The minimum Gasteiger partial charge on any atom is -0.394 e. The second-order valence-corrected chi connectivity index (χ2v) is 4.26. The summed E-state index contributed by atoms with van der Waals surface area (Å²) >= 11 is 0. The van der Waals surface area contributed by atoms with Crippen LogP contribution in [0.15, 0.2) is 6.20 Å². The molecule has 0 fully saturated rings. The van der Waals surface area contributed by atoms with Crippen LogP contribution in [0, 0.1) is 0 Å². The molecule has 1 aromatic rings. The van der Waals surface area contributed by atoms with E-state index in [2.05, 4.69) is 10.4 Å². The van der Waals surface area contributed by atoms with Crippen molar-refractivity contribution < 1.29 is 9.53 Å². The van der Waals surface area contributed by atoms with E-state index < -0.39 is 5.60 Å². The molecule has 0 saturated carbocycles. The van der Waals surface area contributed by atoms with Crippen LogP contribution in [-0.4, -0.2) is 28.4 Å². The van der Waals surface area contributed by atoms with Gasteiger partial charge in [0.2, 0.25) is 5.91 Å². The standard InChI is InChI=1S/C10H18N4O2/c1-10(2,16-4)5-8(15)13-9-7(11)6-12-14(9)3/h6H,5,11H2,1-4H3,(H,13,15). The molecule has 0 bridgehead atoms. The van der Waals surface area contributed by atoms with E-state index in [1.54, 1.807) is 14.2 Å². The van der Waals surface area contributed by atoms with Gasteiger partial charge < -0.3 is 15.8 Å². The fourth-order valence-electron chi connectivity index (χ4n) is 1.24. The Morgan fingerprint density at radius 1 is 1.69 bits per heavy atom. The Morgan fingerprint density at radius 2 is 2.31 bits per heavy atom. The van der Waals surface area contributed by atoms with Crippen LogP contribution in [0.1, 0.15) is 20.3 Å². The maximum absolute atomic E-state index is 11.7. The topological polar surface area (TPSA) is 82.2 Å². The molecule has 1 rings (SSSR count). The molecule has 0 aliphatic heterocycles. The fourth-order valence-corrected chi connectivity index (χ4v) is 1.24. The molecular weight excluding hydrogens is 208 g/mol. The second-order valence-electron chi connectivity index (χ2n) is 4.26. The van der Waals surface area contributed by atoms with Crippen molar-refractivity contribution in [3.63, 3.8) is 0 Å². The van der Waals surface area contributed by atoms with Gasteiger partial charge in [0.15, 0.2) is 5.82 Å². The molecule has 0 spiro atoms. The van der Waals surface area contributed by atoms with Crippen LogP contribution < -0.4 is 11.1 Å². The van der Waals surface area contributed by atoms with Gasteiger partial charge in [0.25, 0.3) is 0 Å². The summed E-state index contributed by atoms with van der Waals surface area (Å²) in [6.07, 6.45) is 1.76. The summed E-state index contributed by atoms with van der Waals surface area (Å²) in [6, 6.07) is 0. The number of nitrogens with one attached hydrogen (secondary N) is 1. The average molecular weight is 226 g/mol. The summed E-state index contributed by atoms with van der Waals surface area (Å²) < 4.78 is 6.69. The molecule has 0 radical (unpaired) electrons. The number of anilines is 2. The number of amides is 1. The van der Waals surface area contributed by atoms with Crippen LogP contribution in [0.5, 0.6) is 0 Å². The number of carbonyl (C=O) groups excluding carboxylic acids is 1.